The molecule has 98 valence electrons. The lowest BCUT2D eigenvalue weighted by Gasteiger charge is -2.33. The summed E-state index contributed by atoms with van der Waals surface area (Å²) >= 11 is 0. The van der Waals surface area contributed by atoms with Gasteiger partial charge in [-0.15, -0.1) is 0 Å². The Morgan fingerprint density at radius 2 is 2.29 bits per heavy atom. The number of carbonyl (C=O) groups excluding carboxylic acids is 1. The Hall–Kier alpha value is -1.14. The van der Waals surface area contributed by atoms with Gasteiger partial charge in [0.05, 0.1) is 19.1 Å². The van der Waals surface area contributed by atoms with Crippen LogP contribution < -0.4 is 5.32 Å². The van der Waals surface area contributed by atoms with Crippen LogP contribution in [0.4, 0.5) is 0 Å². The number of ether oxygens (including phenoxy) is 1. The summed E-state index contributed by atoms with van der Waals surface area (Å²) in [6, 6.07) is 0. The van der Waals surface area contributed by atoms with Crippen LogP contribution in [0.2, 0.25) is 0 Å². The molecule has 2 atom stereocenters. The van der Waals surface area contributed by atoms with Crippen molar-refractivity contribution in [3.05, 3.63) is 0 Å². The molecule has 1 amide bonds. The van der Waals surface area contributed by atoms with Crippen LogP contribution in [-0.4, -0.2) is 61.3 Å². The van der Waals surface area contributed by atoms with Crippen LogP contribution >= 0.6 is 0 Å². The largest absolute Gasteiger partial charge is 0.481 e. The molecule has 0 radical (unpaired) electrons. The van der Waals surface area contributed by atoms with Crippen LogP contribution in [0.3, 0.4) is 0 Å². The summed E-state index contributed by atoms with van der Waals surface area (Å²) in [6.07, 6.45) is -0.434. The molecule has 0 aromatic carbocycles. The zero-order valence-electron chi connectivity index (χ0n) is 10.3. The van der Waals surface area contributed by atoms with Crippen molar-refractivity contribution in [1.82, 2.24) is 10.2 Å². The lowest BCUT2D eigenvalue weighted by atomic mass is 10.1. The molecule has 2 unspecified atom stereocenters. The number of carboxylic acid groups (broad SMARTS) is 1. The number of hydrogen-bond donors (Lipinski definition) is 2. The minimum atomic E-state index is -0.896. The van der Waals surface area contributed by atoms with Crippen molar-refractivity contribution in [3.8, 4) is 0 Å². The van der Waals surface area contributed by atoms with E-state index in [0.29, 0.717) is 26.2 Å². The fourth-order valence-corrected chi connectivity index (χ4v) is 1.94. The number of rotatable bonds is 5. The highest BCUT2D eigenvalue weighted by Gasteiger charge is 2.28. The number of hydrogen-bond acceptors (Lipinski definition) is 4. The van der Waals surface area contributed by atoms with Crippen LogP contribution in [0.15, 0.2) is 0 Å². The van der Waals surface area contributed by atoms with Gasteiger partial charge in [-0.05, 0) is 7.05 Å². The van der Waals surface area contributed by atoms with Crippen molar-refractivity contribution in [2.24, 2.45) is 5.92 Å². The minimum Gasteiger partial charge on any atom is -0.481 e. The van der Waals surface area contributed by atoms with E-state index in [-0.39, 0.29) is 24.3 Å². The van der Waals surface area contributed by atoms with Gasteiger partial charge < -0.3 is 20.1 Å². The highest BCUT2D eigenvalue weighted by atomic mass is 16.5. The Labute approximate surface area is 101 Å². The van der Waals surface area contributed by atoms with E-state index in [1.54, 1.807) is 11.9 Å². The van der Waals surface area contributed by atoms with Gasteiger partial charge in [0.15, 0.2) is 0 Å². The topological polar surface area (TPSA) is 78.9 Å². The molecule has 1 aliphatic heterocycles. The van der Waals surface area contributed by atoms with Crippen molar-refractivity contribution < 1.29 is 19.4 Å². The molecule has 1 saturated heterocycles. The van der Waals surface area contributed by atoms with Crippen LogP contribution in [-0.2, 0) is 14.3 Å². The summed E-state index contributed by atoms with van der Waals surface area (Å²) in [5.41, 5.74) is 0. The molecule has 0 spiro atoms. The summed E-state index contributed by atoms with van der Waals surface area (Å²) in [7, 11) is 1.80. The van der Waals surface area contributed by atoms with E-state index in [0.717, 1.165) is 0 Å². The summed E-state index contributed by atoms with van der Waals surface area (Å²) in [5, 5.41) is 11.6. The van der Waals surface area contributed by atoms with Gasteiger partial charge in [0.25, 0.3) is 0 Å². The molecule has 0 saturated carbocycles. The molecular weight excluding hydrogens is 224 g/mol. The van der Waals surface area contributed by atoms with E-state index in [2.05, 4.69) is 5.32 Å². The number of amides is 1. The summed E-state index contributed by atoms with van der Waals surface area (Å²) in [5.74, 6) is -0.936. The zero-order chi connectivity index (χ0) is 12.8. The highest BCUT2D eigenvalue weighted by Crippen LogP contribution is 2.11. The smallest absolute Gasteiger partial charge is 0.306 e. The van der Waals surface area contributed by atoms with Gasteiger partial charge >= 0.3 is 5.97 Å². The van der Waals surface area contributed by atoms with E-state index < -0.39 is 5.97 Å². The molecule has 0 bridgehead atoms. The molecule has 0 aliphatic carbocycles. The van der Waals surface area contributed by atoms with Gasteiger partial charge in [-0.3, -0.25) is 9.59 Å². The molecular formula is C11H20N2O4. The van der Waals surface area contributed by atoms with Gasteiger partial charge in [-0.25, -0.2) is 0 Å². The number of carbonyl (C=O) groups is 2. The Morgan fingerprint density at radius 1 is 1.59 bits per heavy atom. The van der Waals surface area contributed by atoms with Crippen LogP contribution in [0.25, 0.3) is 0 Å². The van der Waals surface area contributed by atoms with Crippen molar-refractivity contribution in [3.63, 3.8) is 0 Å². The molecule has 0 aromatic rings. The maximum atomic E-state index is 12.0. The standard InChI is InChI=1S/C11H20N2O4/c1-8(6-12-2)11(16)13-3-4-17-9(7-13)5-10(14)15/h8-9,12H,3-7H2,1-2H3,(H,14,15). The van der Waals surface area contributed by atoms with Crippen LogP contribution in [0.5, 0.6) is 0 Å². The predicted molar refractivity (Wildman–Crippen MR) is 61.7 cm³/mol. The number of nitrogens with one attached hydrogen (secondary N) is 1. The fourth-order valence-electron chi connectivity index (χ4n) is 1.94. The van der Waals surface area contributed by atoms with E-state index in [1.165, 1.54) is 0 Å². The summed E-state index contributed by atoms with van der Waals surface area (Å²) in [4.78, 5) is 24.3. The third kappa shape index (κ3) is 4.32. The molecule has 17 heavy (non-hydrogen) atoms. The Balaban J connectivity index is 2.48. The first-order valence-electron chi connectivity index (χ1n) is 5.81. The fraction of sp³-hybridized carbons (Fsp3) is 0.818. The van der Waals surface area contributed by atoms with Gasteiger partial charge in [0.2, 0.25) is 5.91 Å². The van der Waals surface area contributed by atoms with E-state index in [1.807, 2.05) is 6.92 Å². The lowest BCUT2D eigenvalue weighted by Crippen LogP contribution is -2.49. The second kappa shape index (κ2) is 6.56. The second-order valence-electron chi connectivity index (χ2n) is 4.33. The molecule has 1 rings (SSSR count). The monoisotopic (exact) mass is 244 g/mol. The Bertz CT molecular complexity index is 283. The third-order valence-electron chi connectivity index (χ3n) is 2.78. The number of carboxylic acids is 1. The predicted octanol–water partition coefficient (Wildman–Crippen LogP) is -0.456. The first-order chi connectivity index (χ1) is 8.04. The molecule has 1 heterocycles. The average molecular weight is 244 g/mol. The normalized spacial score (nSPS) is 22.2. The van der Waals surface area contributed by atoms with Gasteiger partial charge in [-0.2, -0.15) is 0 Å². The number of morpholine rings is 1. The van der Waals surface area contributed by atoms with Crippen molar-refractivity contribution in [2.45, 2.75) is 19.4 Å². The molecule has 1 fully saturated rings. The van der Waals surface area contributed by atoms with Crippen LogP contribution in [0.1, 0.15) is 13.3 Å². The van der Waals surface area contributed by atoms with E-state index >= 15 is 0 Å². The SMILES string of the molecule is CNCC(C)C(=O)N1CCOC(CC(=O)O)C1. The molecule has 0 aromatic heterocycles. The Kier molecular flexibility index (Phi) is 5.37. The number of nitrogens with zero attached hydrogens (tertiary/aromatic N) is 1. The first kappa shape index (κ1) is 13.9. The Morgan fingerprint density at radius 3 is 2.88 bits per heavy atom. The summed E-state index contributed by atoms with van der Waals surface area (Å²) in [6.45, 7) is 3.82. The quantitative estimate of drug-likeness (QED) is 0.684. The van der Waals surface area contributed by atoms with Gasteiger partial charge in [-0.1, -0.05) is 6.92 Å². The highest BCUT2D eigenvalue weighted by molar-refractivity contribution is 5.79. The molecule has 6 heteroatoms. The average Bonchev–Trinajstić information content (AvgIpc) is 2.28. The van der Waals surface area contributed by atoms with Gasteiger partial charge in [0, 0.05) is 25.6 Å². The van der Waals surface area contributed by atoms with E-state index in [4.69, 9.17) is 9.84 Å². The maximum absolute atomic E-state index is 12.0. The third-order valence-corrected chi connectivity index (χ3v) is 2.78. The van der Waals surface area contributed by atoms with Crippen molar-refractivity contribution in [1.29, 1.82) is 0 Å². The number of aliphatic carboxylic acids is 1. The second-order valence-corrected chi connectivity index (χ2v) is 4.33. The minimum absolute atomic E-state index is 0.0514. The van der Waals surface area contributed by atoms with E-state index in [9.17, 15) is 9.59 Å². The molecule has 2 N–H and O–H groups in total. The zero-order valence-corrected chi connectivity index (χ0v) is 10.3. The summed E-state index contributed by atoms with van der Waals surface area (Å²) < 4.78 is 5.32. The lowest BCUT2D eigenvalue weighted by molar-refractivity contribution is -0.149. The molecule has 1 aliphatic rings. The van der Waals surface area contributed by atoms with Crippen molar-refractivity contribution in [2.75, 3.05) is 33.3 Å². The van der Waals surface area contributed by atoms with Gasteiger partial charge in [0.1, 0.15) is 0 Å². The molecule has 6 nitrogen and oxygen atoms in total. The van der Waals surface area contributed by atoms with Crippen molar-refractivity contribution >= 4 is 11.9 Å². The van der Waals surface area contributed by atoms with Crippen LogP contribution in [0, 0.1) is 5.92 Å². The maximum Gasteiger partial charge on any atom is 0.306 e. The first-order valence-corrected chi connectivity index (χ1v) is 5.81.